The van der Waals surface area contributed by atoms with Crippen molar-refractivity contribution in [3.63, 3.8) is 0 Å². The molecule has 148 valence electrons. The number of nitrogens with zero attached hydrogens (tertiary/aromatic N) is 2. The summed E-state index contributed by atoms with van der Waals surface area (Å²) in [5, 5.41) is 12.2. The molecule has 29 heavy (non-hydrogen) atoms. The van der Waals surface area contributed by atoms with Gasteiger partial charge in [-0.05, 0) is 42.7 Å². The Hall–Kier alpha value is -2.74. The maximum Gasteiger partial charge on any atom is 0.188 e. The van der Waals surface area contributed by atoms with Gasteiger partial charge in [-0.3, -0.25) is 0 Å². The second-order valence-corrected chi connectivity index (χ2v) is 7.84. The van der Waals surface area contributed by atoms with E-state index in [1.165, 1.54) is 5.57 Å². The minimum Gasteiger partial charge on any atom is -0.466 e. The van der Waals surface area contributed by atoms with Gasteiger partial charge in [-0.2, -0.15) is 0 Å². The third kappa shape index (κ3) is 3.21. The van der Waals surface area contributed by atoms with Gasteiger partial charge in [-0.15, -0.1) is 21.5 Å². The van der Waals surface area contributed by atoms with Crippen LogP contribution in [-0.4, -0.2) is 37.3 Å². The Labute approximate surface area is 171 Å². The molecule has 1 aliphatic rings. The number of ether oxygens (including phenoxy) is 3. The SMILES string of the molecule is COCOc1c(-c2cc3scc(C4=CCOCC4)c3nn2)c(C)cc2occc12. The summed E-state index contributed by atoms with van der Waals surface area (Å²) in [7, 11) is 1.60. The molecular weight excluding hydrogens is 388 g/mol. The van der Waals surface area contributed by atoms with E-state index in [2.05, 4.69) is 27.7 Å². The van der Waals surface area contributed by atoms with Crippen LogP contribution in [0.1, 0.15) is 17.5 Å². The average molecular weight is 408 g/mol. The van der Waals surface area contributed by atoms with E-state index in [9.17, 15) is 0 Å². The Morgan fingerprint density at radius 3 is 3.00 bits per heavy atom. The van der Waals surface area contributed by atoms with Crippen LogP contribution in [-0.2, 0) is 9.47 Å². The number of aromatic nitrogens is 2. The molecule has 0 saturated heterocycles. The van der Waals surface area contributed by atoms with Crippen molar-refractivity contribution in [3.05, 3.63) is 47.0 Å². The number of furan rings is 1. The molecule has 0 radical (unpaired) electrons. The number of rotatable bonds is 5. The topological polar surface area (TPSA) is 66.6 Å². The van der Waals surface area contributed by atoms with Gasteiger partial charge in [0.25, 0.3) is 0 Å². The lowest BCUT2D eigenvalue weighted by Crippen LogP contribution is -2.04. The van der Waals surface area contributed by atoms with E-state index in [0.717, 1.165) is 56.6 Å². The molecule has 0 amide bonds. The Morgan fingerprint density at radius 2 is 2.17 bits per heavy atom. The molecule has 0 fully saturated rings. The standard InChI is InChI=1S/C22H20N2O4S/c1-13-9-18-15(5-8-27-18)22(28-12-25-2)20(13)17-10-19-21(24-23-17)16(11-29-19)14-3-6-26-7-4-14/h3,5,8-11H,4,6-7,12H2,1-2H3. The number of benzene rings is 1. The minimum atomic E-state index is 0.145. The van der Waals surface area contributed by atoms with Crippen molar-refractivity contribution in [2.24, 2.45) is 0 Å². The van der Waals surface area contributed by atoms with Gasteiger partial charge >= 0.3 is 0 Å². The normalized spacial score (nSPS) is 14.5. The molecular formula is C22H20N2O4S. The van der Waals surface area contributed by atoms with E-state index in [0.29, 0.717) is 12.4 Å². The number of methoxy groups -OCH3 is 1. The quantitative estimate of drug-likeness (QED) is 0.423. The highest BCUT2D eigenvalue weighted by atomic mass is 32.1. The van der Waals surface area contributed by atoms with E-state index in [4.69, 9.17) is 18.6 Å². The summed E-state index contributed by atoms with van der Waals surface area (Å²) >= 11 is 1.68. The van der Waals surface area contributed by atoms with Crippen LogP contribution in [0.15, 0.2) is 40.3 Å². The molecule has 1 aliphatic heterocycles. The zero-order chi connectivity index (χ0) is 19.8. The summed E-state index contributed by atoms with van der Waals surface area (Å²) in [4.78, 5) is 0. The van der Waals surface area contributed by atoms with Crippen molar-refractivity contribution in [2.75, 3.05) is 27.1 Å². The monoisotopic (exact) mass is 408 g/mol. The van der Waals surface area contributed by atoms with Gasteiger partial charge in [0.2, 0.25) is 0 Å². The third-order valence-electron chi connectivity index (χ3n) is 5.11. The molecule has 0 atom stereocenters. The summed E-state index contributed by atoms with van der Waals surface area (Å²) in [6.45, 7) is 3.57. The molecule has 4 heterocycles. The minimum absolute atomic E-state index is 0.145. The van der Waals surface area contributed by atoms with Gasteiger partial charge in [0.15, 0.2) is 6.79 Å². The van der Waals surface area contributed by atoms with Crippen LogP contribution in [0, 0.1) is 6.92 Å². The average Bonchev–Trinajstić information content (AvgIpc) is 3.38. The van der Waals surface area contributed by atoms with Gasteiger partial charge in [0, 0.05) is 23.6 Å². The highest BCUT2D eigenvalue weighted by Crippen LogP contribution is 2.41. The van der Waals surface area contributed by atoms with Gasteiger partial charge in [0.1, 0.15) is 16.8 Å². The molecule has 4 aromatic rings. The van der Waals surface area contributed by atoms with Crippen molar-refractivity contribution < 1.29 is 18.6 Å². The zero-order valence-corrected chi connectivity index (χ0v) is 17.0. The molecule has 7 heteroatoms. The number of thiophene rings is 1. The molecule has 0 unspecified atom stereocenters. The van der Waals surface area contributed by atoms with E-state index in [-0.39, 0.29) is 6.79 Å². The van der Waals surface area contributed by atoms with Crippen LogP contribution in [0.3, 0.4) is 0 Å². The molecule has 6 nitrogen and oxygen atoms in total. The number of hydrogen-bond donors (Lipinski definition) is 0. The van der Waals surface area contributed by atoms with Crippen molar-refractivity contribution in [2.45, 2.75) is 13.3 Å². The Kier molecular flexibility index (Phi) is 4.79. The van der Waals surface area contributed by atoms with Crippen LogP contribution < -0.4 is 4.74 Å². The van der Waals surface area contributed by atoms with E-state index >= 15 is 0 Å². The van der Waals surface area contributed by atoms with E-state index < -0.39 is 0 Å². The zero-order valence-electron chi connectivity index (χ0n) is 16.2. The van der Waals surface area contributed by atoms with E-state index in [1.807, 2.05) is 19.1 Å². The van der Waals surface area contributed by atoms with Gasteiger partial charge in [-0.25, -0.2) is 0 Å². The lowest BCUT2D eigenvalue weighted by atomic mass is 10.0. The Bertz CT molecular complexity index is 1220. The van der Waals surface area contributed by atoms with Crippen LogP contribution in [0.25, 0.3) is 38.0 Å². The Morgan fingerprint density at radius 1 is 1.24 bits per heavy atom. The first-order valence-electron chi connectivity index (χ1n) is 9.41. The van der Waals surface area contributed by atoms with Crippen molar-refractivity contribution in [3.8, 4) is 17.0 Å². The fourth-order valence-electron chi connectivity index (χ4n) is 3.74. The molecule has 0 N–H and O–H groups in total. The van der Waals surface area contributed by atoms with Crippen LogP contribution in [0.4, 0.5) is 0 Å². The predicted molar refractivity (Wildman–Crippen MR) is 113 cm³/mol. The molecule has 0 saturated carbocycles. The molecule has 0 aliphatic carbocycles. The molecule has 3 aromatic heterocycles. The molecule has 0 bridgehead atoms. The van der Waals surface area contributed by atoms with Gasteiger partial charge in [0.05, 0.1) is 35.3 Å². The lowest BCUT2D eigenvalue weighted by molar-refractivity contribution is 0.0526. The highest BCUT2D eigenvalue weighted by Gasteiger charge is 2.20. The first kappa shape index (κ1) is 18.3. The fourth-order valence-corrected chi connectivity index (χ4v) is 4.69. The van der Waals surface area contributed by atoms with Crippen molar-refractivity contribution >= 4 is 38.1 Å². The first-order chi connectivity index (χ1) is 14.3. The van der Waals surface area contributed by atoms with Crippen LogP contribution in [0.2, 0.25) is 0 Å². The van der Waals surface area contributed by atoms with E-state index in [1.54, 1.807) is 24.7 Å². The summed E-state index contributed by atoms with van der Waals surface area (Å²) in [5.41, 5.74) is 6.85. The summed E-state index contributed by atoms with van der Waals surface area (Å²) in [6, 6.07) is 5.99. The second kappa shape index (κ2) is 7.59. The largest absolute Gasteiger partial charge is 0.466 e. The molecule has 5 rings (SSSR count). The summed E-state index contributed by atoms with van der Waals surface area (Å²) < 4.78 is 23.2. The Balaban J connectivity index is 1.65. The highest BCUT2D eigenvalue weighted by molar-refractivity contribution is 7.17. The number of hydrogen-bond acceptors (Lipinski definition) is 7. The molecule has 1 aromatic carbocycles. The lowest BCUT2D eigenvalue weighted by Gasteiger charge is -2.14. The van der Waals surface area contributed by atoms with Crippen molar-refractivity contribution in [1.82, 2.24) is 10.2 Å². The number of fused-ring (bicyclic) bond motifs is 2. The van der Waals surface area contributed by atoms with Crippen molar-refractivity contribution in [1.29, 1.82) is 0 Å². The van der Waals surface area contributed by atoms with Crippen LogP contribution in [0.5, 0.6) is 5.75 Å². The maximum absolute atomic E-state index is 5.94. The maximum atomic E-state index is 5.94. The fraction of sp³-hybridized carbons (Fsp3) is 0.273. The molecule has 0 spiro atoms. The summed E-state index contributed by atoms with van der Waals surface area (Å²) in [5.74, 6) is 0.702. The second-order valence-electron chi connectivity index (χ2n) is 6.93. The predicted octanol–water partition coefficient (Wildman–Crippen LogP) is 5.20. The van der Waals surface area contributed by atoms with Gasteiger partial charge < -0.3 is 18.6 Å². The van der Waals surface area contributed by atoms with Crippen LogP contribution >= 0.6 is 11.3 Å². The summed E-state index contributed by atoms with van der Waals surface area (Å²) in [6.07, 6.45) is 4.70. The third-order valence-corrected chi connectivity index (χ3v) is 6.03. The smallest absolute Gasteiger partial charge is 0.188 e. The number of aryl methyl sites for hydroxylation is 1. The van der Waals surface area contributed by atoms with Gasteiger partial charge in [-0.1, -0.05) is 6.08 Å². The first-order valence-corrected chi connectivity index (χ1v) is 10.3.